The van der Waals surface area contributed by atoms with E-state index in [9.17, 15) is 9.18 Å². The van der Waals surface area contributed by atoms with Gasteiger partial charge in [-0.15, -0.1) is 0 Å². The van der Waals surface area contributed by atoms with Gasteiger partial charge in [0.15, 0.2) is 18.4 Å². The minimum Gasteiger partial charge on any atom is -0.473 e. The van der Waals surface area contributed by atoms with E-state index < -0.39 is 22.7 Å². The number of benzene rings is 2. The number of nitrogens with zero attached hydrogens (tertiary/aromatic N) is 2. The molecule has 2 aromatic carbocycles. The first kappa shape index (κ1) is 21.0. The highest BCUT2D eigenvalue weighted by Crippen LogP contribution is 2.44. The topological polar surface area (TPSA) is 41.6 Å². The lowest BCUT2D eigenvalue weighted by Crippen LogP contribution is -2.61. The Morgan fingerprint density at radius 2 is 2.10 bits per heavy atom. The second-order valence-electron chi connectivity index (χ2n) is 7.83. The van der Waals surface area contributed by atoms with Crippen LogP contribution in [0.25, 0.3) is 0 Å². The van der Waals surface area contributed by atoms with Gasteiger partial charge in [-0.2, -0.15) is 0 Å². The number of carbonyl (C=O) groups is 1. The number of carbonyl (C=O) groups excluding carboxylic acids is 1. The first-order chi connectivity index (χ1) is 14.4. The molecule has 4 rings (SSSR count). The maximum atomic E-state index is 16.6. The lowest BCUT2D eigenvalue weighted by atomic mass is 10.0. The number of halogens is 3. The van der Waals surface area contributed by atoms with Gasteiger partial charge in [-0.25, -0.2) is 9.18 Å². The number of quaternary nitrogens is 1. The van der Waals surface area contributed by atoms with Crippen molar-refractivity contribution in [3.05, 3.63) is 58.9 Å². The third-order valence-corrected chi connectivity index (χ3v) is 6.15. The van der Waals surface area contributed by atoms with E-state index in [0.29, 0.717) is 24.4 Å². The number of ether oxygens (including phenoxy) is 1. The van der Waals surface area contributed by atoms with Crippen molar-refractivity contribution in [2.24, 2.45) is 0 Å². The summed E-state index contributed by atoms with van der Waals surface area (Å²) in [7, 11) is 1.83. The van der Waals surface area contributed by atoms with Crippen LogP contribution in [-0.2, 0) is 0 Å². The van der Waals surface area contributed by atoms with Crippen molar-refractivity contribution in [3.63, 3.8) is 0 Å². The monoisotopic (exact) mass is 436 g/mol. The van der Waals surface area contributed by atoms with Gasteiger partial charge < -0.3 is 10.1 Å². The van der Waals surface area contributed by atoms with Crippen molar-refractivity contribution in [3.8, 4) is 5.75 Å². The van der Waals surface area contributed by atoms with Gasteiger partial charge in [0.1, 0.15) is 5.82 Å². The first-order valence-corrected chi connectivity index (χ1v) is 10.6. The molecule has 2 aromatic rings. The smallest absolute Gasteiger partial charge is 0.463 e. The standard InChI is InChI=1S/C22H25ClF2N3O2/c1-26-13-16-6-4-5-11-27(16)22(29)28(25)14-21(15-9-10-18(24)17(23)12-15)30-20-8-3-2-7-19(20)28/h2-3,7-10,12,16,21,26H,4-6,11,13-14H2,1H3/q+1. The third-order valence-electron chi connectivity index (χ3n) is 5.86. The number of para-hydroxylation sites is 2. The van der Waals surface area contributed by atoms with Gasteiger partial charge in [-0.3, -0.25) is 4.90 Å². The zero-order valence-electron chi connectivity index (χ0n) is 16.8. The second-order valence-corrected chi connectivity index (χ2v) is 8.24. The summed E-state index contributed by atoms with van der Waals surface area (Å²) < 4.78 is 34.8. The molecule has 2 amide bonds. The van der Waals surface area contributed by atoms with Crippen LogP contribution in [0.15, 0.2) is 42.5 Å². The maximum absolute atomic E-state index is 16.6. The maximum Gasteiger partial charge on any atom is 0.463 e. The molecule has 2 aliphatic heterocycles. The summed E-state index contributed by atoms with van der Waals surface area (Å²) >= 11 is 5.93. The minimum absolute atomic E-state index is 0.0595. The van der Waals surface area contributed by atoms with Crippen LogP contribution >= 0.6 is 11.6 Å². The highest BCUT2D eigenvalue weighted by Gasteiger charge is 2.54. The van der Waals surface area contributed by atoms with Crippen molar-refractivity contribution in [1.82, 2.24) is 14.9 Å². The van der Waals surface area contributed by atoms with E-state index in [1.807, 2.05) is 7.05 Å². The highest BCUT2D eigenvalue weighted by molar-refractivity contribution is 6.30. The zero-order valence-corrected chi connectivity index (χ0v) is 17.5. The van der Waals surface area contributed by atoms with Crippen LogP contribution in [0.4, 0.5) is 19.4 Å². The molecule has 3 atom stereocenters. The van der Waals surface area contributed by atoms with E-state index in [1.54, 1.807) is 29.2 Å². The average molecular weight is 437 g/mol. The molecule has 160 valence electrons. The molecule has 1 saturated heterocycles. The molecule has 3 unspecified atom stereocenters. The fraction of sp³-hybridized carbons (Fsp3) is 0.409. The number of hydrogen-bond acceptors (Lipinski definition) is 3. The predicted molar refractivity (Wildman–Crippen MR) is 113 cm³/mol. The average Bonchev–Trinajstić information content (AvgIpc) is 2.76. The Morgan fingerprint density at radius 3 is 2.87 bits per heavy atom. The Balaban J connectivity index is 1.72. The van der Waals surface area contributed by atoms with Crippen molar-refractivity contribution in [1.29, 1.82) is 0 Å². The molecule has 5 nitrogen and oxygen atoms in total. The normalized spacial score (nSPS) is 26.1. The Labute approximate surface area is 179 Å². The number of hydrogen-bond donors (Lipinski definition) is 1. The first-order valence-electron chi connectivity index (χ1n) is 10.2. The molecule has 1 fully saturated rings. The number of rotatable bonds is 3. The lowest BCUT2D eigenvalue weighted by molar-refractivity contribution is -0.0126. The number of likely N-dealkylation sites (N-methyl/N-ethyl adjacent to an activating group) is 1. The van der Waals surface area contributed by atoms with Crippen LogP contribution in [-0.4, -0.2) is 43.7 Å². The van der Waals surface area contributed by atoms with Gasteiger partial charge in [0.25, 0.3) is 0 Å². The molecule has 8 heteroatoms. The summed E-state index contributed by atoms with van der Waals surface area (Å²) in [6.45, 7) is 0.882. The Kier molecular flexibility index (Phi) is 5.95. The van der Waals surface area contributed by atoms with Crippen LogP contribution in [0.2, 0.25) is 5.02 Å². The Morgan fingerprint density at radius 1 is 1.30 bits per heavy atom. The molecule has 2 aliphatic rings. The van der Waals surface area contributed by atoms with E-state index in [0.717, 1.165) is 19.3 Å². The molecular weight excluding hydrogens is 412 g/mol. The van der Waals surface area contributed by atoms with Gasteiger partial charge in [-0.05, 0) is 54.8 Å². The van der Waals surface area contributed by atoms with Crippen molar-refractivity contribution in [2.75, 3.05) is 26.7 Å². The van der Waals surface area contributed by atoms with Gasteiger partial charge in [0.2, 0.25) is 5.69 Å². The molecule has 0 bridgehead atoms. The minimum atomic E-state index is -1.39. The van der Waals surface area contributed by atoms with E-state index in [-0.39, 0.29) is 23.3 Å². The molecule has 30 heavy (non-hydrogen) atoms. The van der Waals surface area contributed by atoms with Crippen LogP contribution < -0.4 is 14.8 Å². The molecule has 0 radical (unpaired) electrons. The lowest BCUT2D eigenvalue weighted by Gasteiger charge is -2.40. The molecule has 2 heterocycles. The number of likely N-dealkylation sites (tertiary alicyclic amines) is 1. The Hall–Kier alpha value is -2.22. The molecular formula is C22H25ClF2N3O2+. The van der Waals surface area contributed by atoms with E-state index in [4.69, 9.17) is 16.3 Å². The van der Waals surface area contributed by atoms with E-state index in [1.165, 1.54) is 18.2 Å². The summed E-state index contributed by atoms with van der Waals surface area (Å²) in [5.74, 6) is -0.260. The molecule has 0 saturated carbocycles. The summed E-state index contributed by atoms with van der Waals surface area (Å²) in [5.41, 5.74) is 0.704. The van der Waals surface area contributed by atoms with Gasteiger partial charge in [-0.1, -0.05) is 29.8 Å². The number of piperidine rings is 1. The summed E-state index contributed by atoms with van der Waals surface area (Å²) in [4.78, 5) is 15.2. The van der Waals surface area contributed by atoms with E-state index >= 15 is 4.48 Å². The summed E-state index contributed by atoms with van der Waals surface area (Å²) in [6, 6.07) is 10.2. The third kappa shape index (κ3) is 3.77. The number of urea groups is 1. The Bertz CT molecular complexity index is 942. The number of amides is 2. The number of fused-ring (bicyclic) bond motifs is 1. The van der Waals surface area contributed by atoms with Crippen LogP contribution in [0.1, 0.15) is 30.9 Å². The van der Waals surface area contributed by atoms with Crippen molar-refractivity contribution >= 4 is 23.3 Å². The largest absolute Gasteiger partial charge is 0.473 e. The summed E-state index contributed by atoms with van der Waals surface area (Å²) in [5, 5.41) is 3.04. The van der Waals surface area contributed by atoms with Crippen LogP contribution in [0.5, 0.6) is 5.75 Å². The SMILES string of the molecule is CNCC1CCCCN1C(=O)[N+]1(F)CC(c2ccc(F)c(Cl)c2)Oc2ccccc21. The van der Waals surface area contributed by atoms with Gasteiger partial charge in [0.05, 0.1) is 5.02 Å². The number of nitrogens with one attached hydrogen (secondary N) is 1. The molecule has 0 aliphatic carbocycles. The van der Waals surface area contributed by atoms with Gasteiger partial charge >= 0.3 is 6.03 Å². The fourth-order valence-electron chi connectivity index (χ4n) is 4.34. The fourth-order valence-corrected chi connectivity index (χ4v) is 4.53. The molecule has 1 N–H and O–H groups in total. The summed E-state index contributed by atoms with van der Waals surface area (Å²) in [6.07, 6.45) is 1.92. The predicted octanol–water partition coefficient (Wildman–Crippen LogP) is 5.00. The van der Waals surface area contributed by atoms with Crippen LogP contribution in [0, 0.1) is 5.82 Å². The zero-order chi connectivity index (χ0) is 21.3. The highest BCUT2D eigenvalue weighted by atomic mass is 35.5. The molecule has 0 aromatic heterocycles. The second kappa shape index (κ2) is 8.49. The van der Waals surface area contributed by atoms with Crippen molar-refractivity contribution < 1.29 is 18.4 Å². The van der Waals surface area contributed by atoms with Crippen LogP contribution in [0.3, 0.4) is 0 Å². The van der Waals surface area contributed by atoms with E-state index in [2.05, 4.69) is 5.32 Å². The van der Waals surface area contributed by atoms with Gasteiger partial charge in [0, 0.05) is 29.7 Å². The van der Waals surface area contributed by atoms with Crippen molar-refractivity contribution in [2.45, 2.75) is 31.4 Å². The molecule has 0 spiro atoms. The quantitative estimate of drug-likeness (QED) is 0.688.